The number of hydrogen-bond acceptors (Lipinski definition) is 4. The summed E-state index contributed by atoms with van der Waals surface area (Å²) in [5.74, 6) is 0.407. The molecule has 142 valence electrons. The van der Waals surface area contributed by atoms with Crippen LogP contribution in [0.3, 0.4) is 0 Å². The first-order valence-electron chi connectivity index (χ1n) is 8.64. The van der Waals surface area contributed by atoms with Crippen LogP contribution in [0.1, 0.15) is 15.9 Å². The third-order valence-electron chi connectivity index (χ3n) is 4.58. The van der Waals surface area contributed by atoms with Crippen molar-refractivity contribution in [2.24, 2.45) is 0 Å². The number of ether oxygens (including phenoxy) is 1. The van der Waals surface area contributed by atoms with E-state index in [9.17, 15) is 13.2 Å². The molecule has 0 unspecified atom stereocenters. The van der Waals surface area contributed by atoms with Crippen molar-refractivity contribution in [2.45, 2.75) is 11.8 Å². The Morgan fingerprint density at radius 1 is 0.929 bits per heavy atom. The Kier molecular flexibility index (Phi) is 4.31. The fraction of sp³-hybridized carbons (Fsp3) is 0.0952. The number of fused-ring (bicyclic) bond motifs is 2. The molecule has 3 aromatic rings. The maximum absolute atomic E-state index is 13.0. The lowest BCUT2D eigenvalue weighted by atomic mass is 10.2. The number of aryl methyl sites for hydroxylation is 1. The Labute approximate surface area is 163 Å². The number of benzene rings is 3. The Hall–Kier alpha value is -3.32. The van der Waals surface area contributed by atoms with Gasteiger partial charge in [0.2, 0.25) is 0 Å². The van der Waals surface area contributed by atoms with E-state index in [-0.39, 0.29) is 10.5 Å². The zero-order valence-electron chi connectivity index (χ0n) is 15.3. The Balaban J connectivity index is 1.75. The second-order valence-corrected chi connectivity index (χ2v) is 8.49. The molecule has 0 saturated heterocycles. The zero-order chi connectivity index (χ0) is 19.9. The normalized spacial score (nSPS) is 12.9. The molecule has 1 N–H and O–H groups in total. The van der Waals surface area contributed by atoms with Crippen molar-refractivity contribution in [1.82, 2.24) is 0 Å². The highest BCUT2D eigenvalue weighted by Crippen LogP contribution is 2.37. The van der Waals surface area contributed by atoms with Crippen LogP contribution >= 0.6 is 0 Å². The number of anilines is 2. The number of para-hydroxylation sites is 1. The average molecular weight is 394 g/mol. The summed E-state index contributed by atoms with van der Waals surface area (Å²) in [6, 6.07) is 18.5. The van der Waals surface area contributed by atoms with Crippen LogP contribution in [0.5, 0.6) is 11.5 Å². The maximum atomic E-state index is 13.0. The summed E-state index contributed by atoms with van der Waals surface area (Å²) >= 11 is 0. The monoisotopic (exact) mass is 394 g/mol. The minimum Gasteiger partial charge on any atom is -0.454 e. The number of sulfonamides is 1. The molecular weight excluding hydrogens is 376 g/mol. The summed E-state index contributed by atoms with van der Waals surface area (Å²) in [5, 5.41) is 2.77. The predicted molar refractivity (Wildman–Crippen MR) is 108 cm³/mol. The van der Waals surface area contributed by atoms with E-state index in [0.717, 1.165) is 5.56 Å². The van der Waals surface area contributed by atoms with E-state index in [1.807, 2.05) is 25.1 Å². The van der Waals surface area contributed by atoms with Gasteiger partial charge in [-0.05, 0) is 55.0 Å². The van der Waals surface area contributed by atoms with E-state index in [2.05, 4.69) is 5.32 Å². The van der Waals surface area contributed by atoms with E-state index in [1.165, 1.54) is 29.6 Å². The summed E-state index contributed by atoms with van der Waals surface area (Å²) in [5.41, 5.74) is 2.22. The van der Waals surface area contributed by atoms with Crippen LogP contribution in [0.4, 0.5) is 11.4 Å². The molecule has 1 amide bonds. The van der Waals surface area contributed by atoms with Crippen molar-refractivity contribution in [2.75, 3.05) is 16.7 Å². The Morgan fingerprint density at radius 3 is 2.43 bits per heavy atom. The highest BCUT2D eigenvalue weighted by molar-refractivity contribution is 7.92. The Morgan fingerprint density at radius 2 is 1.68 bits per heavy atom. The first-order chi connectivity index (χ1) is 13.4. The number of carbonyl (C=O) groups is 1. The smallest absolute Gasteiger partial charge is 0.264 e. The van der Waals surface area contributed by atoms with E-state index >= 15 is 0 Å². The molecule has 0 fully saturated rings. The molecule has 0 bridgehead atoms. The average Bonchev–Trinajstić information content (AvgIpc) is 2.83. The van der Waals surface area contributed by atoms with Crippen LogP contribution in [-0.4, -0.2) is 21.4 Å². The highest BCUT2D eigenvalue weighted by atomic mass is 32.2. The predicted octanol–water partition coefficient (Wildman–Crippen LogP) is 4.18. The van der Waals surface area contributed by atoms with E-state index in [0.29, 0.717) is 22.9 Å². The maximum Gasteiger partial charge on any atom is 0.264 e. The van der Waals surface area contributed by atoms with Gasteiger partial charge < -0.3 is 10.1 Å². The van der Waals surface area contributed by atoms with Crippen LogP contribution in [0, 0.1) is 6.92 Å². The quantitative estimate of drug-likeness (QED) is 0.723. The van der Waals surface area contributed by atoms with Crippen molar-refractivity contribution < 1.29 is 17.9 Å². The van der Waals surface area contributed by atoms with Gasteiger partial charge in [-0.3, -0.25) is 9.10 Å². The molecular formula is C21H18N2O4S. The SMILES string of the molecule is Cc1ccc2c(c1)Oc1ccc(S(=O)(=O)N(C)c3ccccc3)cc1C(=O)N2. The molecule has 28 heavy (non-hydrogen) atoms. The van der Waals surface area contributed by atoms with E-state index in [4.69, 9.17) is 4.74 Å². The third kappa shape index (κ3) is 3.10. The summed E-state index contributed by atoms with van der Waals surface area (Å²) in [6.45, 7) is 1.92. The summed E-state index contributed by atoms with van der Waals surface area (Å²) < 4.78 is 33.1. The van der Waals surface area contributed by atoms with Crippen molar-refractivity contribution in [3.8, 4) is 11.5 Å². The molecule has 6 nitrogen and oxygen atoms in total. The van der Waals surface area contributed by atoms with Gasteiger partial charge in [0, 0.05) is 7.05 Å². The Bertz CT molecular complexity index is 1170. The minimum atomic E-state index is -3.84. The lowest BCUT2D eigenvalue weighted by molar-refractivity contribution is 0.102. The molecule has 1 heterocycles. The first kappa shape index (κ1) is 18.1. The number of nitrogens with one attached hydrogen (secondary N) is 1. The lowest BCUT2D eigenvalue weighted by Gasteiger charge is -2.20. The van der Waals surface area contributed by atoms with E-state index < -0.39 is 15.9 Å². The second-order valence-electron chi connectivity index (χ2n) is 6.52. The van der Waals surface area contributed by atoms with Gasteiger partial charge in [-0.25, -0.2) is 8.42 Å². The second kappa shape index (κ2) is 6.69. The zero-order valence-corrected chi connectivity index (χ0v) is 16.2. The van der Waals surface area contributed by atoms with Gasteiger partial charge in [0.1, 0.15) is 5.75 Å². The van der Waals surface area contributed by atoms with Gasteiger partial charge >= 0.3 is 0 Å². The standard InChI is InChI=1S/C21H18N2O4S/c1-14-8-10-18-20(12-14)27-19-11-9-16(13-17(19)21(24)22-18)28(25,26)23(2)15-6-4-3-5-7-15/h3-13H,1-2H3,(H,22,24). The number of nitrogens with zero attached hydrogens (tertiary/aromatic N) is 1. The third-order valence-corrected chi connectivity index (χ3v) is 6.36. The van der Waals surface area contributed by atoms with Crippen LogP contribution in [0.15, 0.2) is 71.6 Å². The molecule has 1 aliphatic rings. The van der Waals surface area contributed by atoms with Gasteiger partial charge in [0.25, 0.3) is 15.9 Å². The molecule has 0 radical (unpaired) electrons. The molecule has 0 aromatic heterocycles. The topological polar surface area (TPSA) is 75.7 Å². The fourth-order valence-corrected chi connectivity index (χ4v) is 4.22. The molecule has 0 saturated carbocycles. The van der Waals surface area contributed by atoms with Crippen LogP contribution in [0.25, 0.3) is 0 Å². The van der Waals surface area contributed by atoms with Crippen molar-refractivity contribution in [1.29, 1.82) is 0 Å². The molecule has 0 atom stereocenters. The number of amides is 1. The molecule has 0 spiro atoms. The van der Waals surface area contributed by atoms with Gasteiger partial charge in [-0.2, -0.15) is 0 Å². The number of carbonyl (C=O) groups excluding carboxylic acids is 1. The molecule has 1 aliphatic heterocycles. The molecule has 0 aliphatic carbocycles. The van der Waals surface area contributed by atoms with Crippen LogP contribution < -0.4 is 14.4 Å². The van der Waals surface area contributed by atoms with Crippen LogP contribution in [0.2, 0.25) is 0 Å². The molecule has 7 heteroatoms. The largest absolute Gasteiger partial charge is 0.454 e. The van der Waals surface area contributed by atoms with Crippen molar-refractivity contribution in [3.63, 3.8) is 0 Å². The fourth-order valence-electron chi connectivity index (χ4n) is 3.00. The van der Waals surface area contributed by atoms with Gasteiger partial charge in [0.05, 0.1) is 21.8 Å². The summed E-state index contributed by atoms with van der Waals surface area (Å²) in [6.07, 6.45) is 0. The van der Waals surface area contributed by atoms with Crippen molar-refractivity contribution in [3.05, 3.63) is 77.9 Å². The lowest BCUT2D eigenvalue weighted by Crippen LogP contribution is -2.26. The number of hydrogen-bond donors (Lipinski definition) is 1. The van der Waals surface area contributed by atoms with Gasteiger partial charge in [0.15, 0.2) is 5.75 Å². The summed E-state index contributed by atoms with van der Waals surface area (Å²) in [4.78, 5) is 12.7. The minimum absolute atomic E-state index is 0.0125. The van der Waals surface area contributed by atoms with Crippen molar-refractivity contribution >= 4 is 27.3 Å². The first-order valence-corrected chi connectivity index (χ1v) is 10.1. The van der Waals surface area contributed by atoms with Crippen LogP contribution in [-0.2, 0) is 10.0 Å². The molecule has 3 aromatic carbocycles. The summed E-state index contributed by atoms with van der Waals surface area (Å²) in [7, 11) is -2.36. The van der Waals surface area contributed by atoms with Gasteiger partial charge in [-0.15, -0.1) is 0 Å². The highest BCUT2D eigenvalue weighted by Gasteiger charge is 2.26. The number of rotatable bonds is 3. The van der Waals surface area contributed by atoms with E-state index in [1.54, 1.807) is 30.3 Å². The molecule has 4 rings (SSSR count). The van der Waals surface area contributed by atoms with Gasteiger partial charge in [-0.1, -0.05) is 24.3 Å².